The van der Waals surface area contributed by atoms with Gasteiger partial charge in [-0.25, -0.2) is 4.98 Å². The topological polar surface area (TPSA) is 68.6 Å². The number of hydrogen-bond acceptors (Lipinski definition) is 6. The Bertz CT molecular complexity index is 1360. The fourth-order valence-corrected chi connectivity index (χ4v) is 8.08. The Balaban J connectivity index is 1.52. The lowest BCUT2D eigenvalue weighted by molar-refractivity contribution is -0.156. The minimum atomic E-state index is -4.56. The monoisotopic (exact) mass is 602 g/mol. The van der Waals surface area contributed by atoms with E-state index in [1.54, 1.807) is 19.1 Å². The first-order chi connectivity index (χ1) is 19.6. The summed E-state index contributed by atoms with van der Waals surface area (Å²) in [5.74, 6) is -0.398. The SMILES string of the molecule is C=N[C@@]1(/C(C)=C/c2csc(C)n2)C/C=C(/C(F)(F)F)C/C=C/CC2(CC2)C2(CC2)C2(CC2)C(=O)C(C)(C)CCC(=O)O1. The van der Waals surface area contributed by atoms with Gasteiger partial charge in [-0.3, -0.25) is 14.6 Å². The molecular formula is C33H41F3N2O3S. The molecule has 42 heavy (non-hydrogen) atoms. The summed E-state index contributed by atoms with van der Waals surface area (Å²) in [5.41, 5.74) is -2.62. The first-order valence-electron chi connectivity index (χ1n) is 14.9. The quantitative estimate of drug-likeness (QED) is 0.197. The number of thiazole rings is 1. The van der Waals surface area contributed by atoms with Crippen molar-refractivity contribution in [2.75, 3.05) is 0 Å². The molecule has 0 aromatic carbocycles. The fourth-order valence-electron chi connectivity index (χ4n) is 7.51. The number of nitrogens with zero attached hydrogens (tertiary/aromatic N) is 2. The summed E-state index contributed by atoms with van der Waals surface area (Å²) in [4.78, 5) is 36.1. The number of hydrogen-bond donors (Lipinski definition) is 0. The van der Waals surface area contributed by atoms with Crippen molar-refractivity contribution in [1.82, 2.24) is 4.98 Å². The lowest BCUT2D eigenvalue weighted by Crippen LogP contribution is -2.42. The third-order valence-electron chi connectivity index (χ3n) is 10.4. The molecule has 1 atom stereocenters. The van der Waals surface area contributed by atoms with Crippen LogP contribution in [0.15, 0.2) is 39.7 Å². The summed E-state index contributed by atoms with van der Waals surface area (Å²) >= 11 is 1.44. The molecule has 3 aliphatic carbocycles. The second kappa shape index (κ2) is 10.6. The van der Waals surface area contributed by atoms with Crippen LogP contribution in [0, 0.1) is 28.6 Å². The second-order valence-corrected chi connectivity index (χ2v) is 14.6. The minimum absolute atomic E-state index is 0.00139. The summed E-state index contributed by atoms with van der Waals surface area (Å²) in [6, 6.07) is 0. The molecule has 0 bridgehead atoms. The van der Waals surface area contributed by atoms with Crippen LogP contribution in [0.2, 0.25) is 0 Å². The van der Waals surface area contributed by atoms with Gasteiger partial charge in [-0.1, -0.05) is 32.1 Å². The van der Waals surface area contributed by atoms with Crippen LogP contribution >= 0.6 is 11.3 Å². The van der Waals surface area contributed by atoms with E-state index in [4.69, 9.17) is 4.74 Å². The van der Waals surface area contributed by atoms with Gasteiger partial charge >= 0.3 is 12.1 Å². The zero-order valence-corrected chi connectivity index (χ0v) is 25.8. The standard InChI is InChI=1S/C33H41F3N2O3S/c1-22(20-25-21-42-23(2)38-25)32(37-5)13-9-24(33(34,35)36)8-6-7-11-29(14-15-29)31(18-19-31)30(16-17-30)27(40)28(3,4)12-10-26(39)41-32/h6-7,9,20-21H,5,8,10-19H2,1-4H3/b7-6+,22-20+,24-9+/t32-/m0/s1. The Morgan fingerprint density at radius 1 is 1.07 bits per heavy atom. The number of aliphatic imine (C=N–C) groups is 1. The molecule has 9 heteroatoms. The molecule has 3 spiro atoms. The molecule has 228 valence electrons. The number of carbonyl (C=O) groups excluding carboxylic acids is 2. The maximum absolute atomic E-state index is 14.2. The first kappa shape index (κ1) is 30.9. The molecule has 0 saturated heterocycles. The lowest BCUT2D eigenvalue weighted by Gasteiger charge is -2.38. The number of ether oxygens (including phenoxy) is 1. The van der Waals surface area contributed by atoms with Crippen LogP contribution in [0.25, 0.3) is 6.08 Å². The summed E-state index contributed by atoms with van der Waals surface area (Å²) in [5, 5.41) is 2.65. The number of ketones is 1. The molecule has 1 aromatic rings. The predicted molar refractivity (Wildman–Crippen MR) is 159 cm³/mol. The molecule has 3 saturated carbocycles. The average molecular weight is 603 g/mol. The number of esters is 1. The number of cyclic esters (lactones) is 1. The highest BCUT2D eigenvalue weighted by Gasteiger charge is 2.79. The summed E-state index contributed by atoms with van der Waals surface area (Å²) in [6.07, 6.45) is 7.74. The van der Waals surface area contributed by atoms with Crippen LogP contribution < -0.4 is 0 Å². The number of rotatable bonds is 3. The molecule has 2 heterocycles. The summed E-state index contributed by atoms with van der Waals surface area (Å²) in [6.45, 7) is 11.0. The van der Waals surface area contributed by atoms with Crippen molar-refractivity contribution < 1.29 is 27.5 Å². The van der Waals surface area contributed by atoms with E-state index in [1.807, 2.05) is 32.2 Å². The molecule has 5 rings (SSSR count). The van der Waals surface area contributed by atoms with Crippen LogP contribution in [-0.2, 0) is 14.3 Å². The van der Waals surface area contributed by atoms with Gasteiger partial charge in [-0.05, 0) is 101 Å². The van der Waals surface area contributed by atoms with E-state index in [9.17, 15) is 22.8 Å². The van der Waals surface area contributed by atoms with Gasteiger partial charge in [0.1, 0.15) is 5.78 Å². The molecule has 0 N–H and O–H groups in total. The van der Waals surface area contributed by atoms with Gasteiger partial charge in [0, 0.05) is 34.6 Å². The summed E-state index contributed by atoms with van der Waals surface area (Å²) in [7, 11) is 0. The molecule has 5 nitrogen and oxygen atoms in total. The number of Topliss-reactive ketones (excluding diaryl/α,β-unsaturated/α-hetero) is 1. The number of carbonyl (C=O) groups is 2. The minimum Gasteiger partial charge on any atom is -0.433 e. The van der Waals surface area contributed by atoms with Crippen molar-refractivity contribution >= 4 is 35.9 Å². The number of allylic oxidation sites excluding steroid dienone is 3. The van der Waals surface area contributed by atoms with Crippen LogP contribution in [0.4, 0.5) is 13.2 Å². The Morgan fingerprint density at radius 2 is 1.76 bits per heavy atom. The molecule has 0 unspecified atom stereocenters. The van der Waals surface area contributed by atoms with Gasteiger partial charge in [-0.15, -0.1) is 11.3 Å². The highest BCUT2D eigenvalue weighted by molar-refractivity contribution is 7.09. The molecule has 1 aliphatic heterocycles. The van der Waals surface area contributed by atoms with Gasteiger partial charge in [0.25, 0.3) is 0 Å². The molecular weight excluding hydrogens is 561 g/mol. The Hall–Kier alpha value is -2.55. The molecule has 4 aliphatic rings. The van der Waals surface area contributed by atoms with E-state index in [0.717, 1.165) is 49.6 Å². The van der Waals surface area contributed by atoms with E-state index < -0.39 is 28.9 Å². The number of alkyl halides is 3. The Kier molecular flexibility index (Phi) is 7.77. The summed E-state index contributed by atoms with van der Waals surface area (Å²) < 4.78 is 48.5. The van der Waals surface area contributed by atoms with E-state index >= 15 is 0 Å². The Morgan fingerprint density at radius 3 is 2.29 bits per heavy atom. The largest absolute Gasteiger partial charge is 0.433 e. The highest BCUT2D eigenvalue weighted by atomic mass is 32.1. The van der Waals surface area contributed by atoms with Crippen molar-refractivity contribution in [2.24, 2.45) is 26.7 Å². The van der Waals surface area contributed by atoms with E-state index in [0.29, 0.717) is 24.1 Å². The fraction of sp³-hybridized carbons (Fsp3) is 0.636. The van der Waals surface area contributed by atoms with Crippen molar-refractivity contribution in [2.45, 2.75) is 110 Å². The first-order valence-corrected chi connectivity index (χ1v) is 15.8. The molecule has 1 aromatic heterocycles. The van der Waals surface area contributed by atoms with Gasteiger partial charge in [-0.2, -0.15) is 13.2 Å². The van der Waals surface area contributed by atoms with Gasteiger partial charge in [0.2, 0.25) is 5.72 Å². The van der Waals surface area contributed by atoms with Gasteiger partial charge in [0.15, 0.2) is 0 Å². The van der Waals surface area contributed by atoms with Crippen molar-refractivity contribution in [1.29, 1.82) is 0 Å². The van der Waals surface area contributed by atoms with E-state index in [-0.39, 0.29) is 41.3 Å². The zero-order chi connectivity index (χ0) is 30.6. The third kappa shape index (κ3) is 5.46. The number of fused-ring (bicyclic) bond motifs is 2. The number of halogens is 3. The average Bonchev–Trinajstić information content (AvgIpc) is 3.80. The number of aromatic nitrogens is 1. The molecule has 0 amide bonds. The maximum Gasteiger partial charge on any atom is 0.412 e. The van der Waals surface area contributed by atoms with E-state index in [2.05, 4.69) is 16.7 Å². The predicted octanol–water partition coefficient (Wildman–Crippen LogP) is 8.74. The second-order valence-electron chi connectivity index (χ2n) is 13.5. The lowest BCUT2D eigenvalue weighted by atomic mass is 9.64. The van der Waals surface area contributed by atoms with Crippen LogP contribution in [0.1, 0.15) is 102 Å². The van der Waals surface area contributed by atoms with Crippen molar-refractivity contribution in [3.63, 3.8) is 0 Å². The van der Waals surface area contributed by atoms with Crippen molar-refractivity contribution in [3.05, 3.63) is 45.5 Å². The highest BCUT2D eigenvalue weighted by Crippen LogP contribution is 2.84. The third-order valence-corrected chi connectivity index (χ3v) is 11.2. The normalized spacial score (nSPS) is 30.7. The number of aryl methyl sites for hydroxylation is 1. The maximum atomic E-state index is 14.2. The molecule has 0 radical (unpaired) electrons. The zero-order valence-electron chi connectivity index (χ0n) is 25.0. The Labute approximate surface area is 250 Å². The van der Waals surface area contributed by atoms with Gasteiger partial charge in [0.05, 0.1) is 10.7 Å². The van der Waals surface area contributed by atoms with Crippen molar-refractivity contribution in [3.8, 4) is 0 Å². The van der Waals surface area contributed by atoms with Crippen LogP contribution in [0.3, 0.4) is 0 Å². The van der Waals surface area contributed by atoms with E-state index in [1.165, 1.54) is 11.3 Å². The smallest absolute Gasteiger partial charge is 0.412 e. The molecule has 3 fully saturated rings. The van der Waals surface area contributed by atoms with Crippen LogP contribution in [0.5, 0.6) is 0 Å². The van der Waals surface area contributed by atoms with Crippen LogP contribution in [-0.4, -0.2) is 35.4 Å². The van der Waals surface area contributed by atoms with Gasteiger partial charge < -0.3 is 4.74 Å².